The van der Waals surface area contributed by atoms with Crippen LogP contribution in [0.2, 0.25) is 0 Å². The van der Waals surface area contributed by atoms with Crippen LogP contribution in [0, 0.1) is 11.8 Å². The van der Waals surface area contributed by atoms with Gasteiger partial charge in [-0.05, 0) is 19.8 Å². The first-order chi connectivity index (χ1) is 7.10. The zero-order valence-electron chi connectivity index (χ0n) is 9.49. The molecule has 0 amide bonds. The van der Waals surface area contributed by atoms with Crippen LogP contribution in [0.1, 0.15) is 33.6 Å². The molecule has 0 aromatic heterocycles. The highest BCUT2D eigenvalue weighted by atomic mass is 16.6. The molecule has 0 unspecified atom stereocenters. The molecule has 1 rings (SSSR count). The van der Waals surface area contributed by atoms with Crippen molar-refractivity contribution < 1.29 is 19.1 Å². The van der Waals surface area contributed by atoms with E-state index < -0.39 is 12.1 Å². The van der Waals surface area contributed by atoms with E-state index in [-0.39, 0.29) is 17.8 Å². The maximum Gasteiger partial charge on any atom is 0.347 e. The number of carbonyl (C=O) groups is 2. The van der Waals surface area contributed by atoms with Gasteiger partial charge in [-0.2, -0.15) is 0 Å². The van der Waals surface area contributed by atoms with E-state index in [1.54, 1.807) is 6.92 Å². The number of ether oxygens (including phenoxy) is 2. The third-order valence-corrected chi connectivity index (χ3v) is 2.76. The fourth-order valence-corrected chi connectivity index (χ4v) is 1.84. The lowest BCUT2D eigenvalue weighted by Crippen LogP contribution is -2.42. The fourth-order valence-electron chi connectivity index (χ4n) is 1.84. The minimum Gasteiger partial charge on any atom is -0.463 e. The highest BCUT2D eigenvalue weighted by Crippen LogP contribution is 2.28. The molecule has 1 aliphatic rings. The summed E-state index contributed by atoms with van der Waals surface area (Å²) in [4.78, 5) is 22.9. The van der Waals surface area contributed by atoms with Crippen molar-refractivity contribution in [3.8, 4) is 0 Å². The Balaban J connectivity index is 2.62. The molecule has 0 aromatic rings. The molecule has 1 heterocycles. The number of rotatable bonds is 3. The third kappa shape index (κ3) is 2.70. The van der Waals surface area contributed by atoms with Gasteiger partial charge in [0, 0.05) is 5.92 Å². The van der Waals surface area contributed by atoms with Gasteiger partial charge in [0.05, 0.1) is 12.5 Å². The van der Waals surface area contributed by atoms with E-state index in [1.807, 2.05) is 13.8 Å². The normalized spacial score (nSPS) is 30.9. The average Bonchev–Trinajstić information content (AvgIpc) is 2.21. The van der Waals surface area contributed by atoms with Crippen molar-refractivity contribution in [2.75, 3.05) is 6.61 Å². The minimum absolute atomic E-state index is 0.0479. The summed E-state index contributed by atoms with van der Waals surface area (Å²) >= 11 is 0. The fraction of sp³-hybridized carbons (Fsp3) is 0.818. The van der Waals surface area contributed by atoms with Crippen molar-refractivity contribution in [3.63, 3.8) is 0 Å². The van der Waals surface area contributed by atoms with Gasteiger partial charge in [0.15, 0.2) is 0 Å². The molecule has 0 saturated carbocycles. The quantitative estimate of drug-likeness (QED) is 0.668. The van der Waals surface area contributed by atoms with Gasteiger partial charge in [-0.25, -0.2) is 4.79 Å². The average molecular weight is 214 g/mol. The Morgan fingerprint density at radius 1 is 1.53 bits per heavy atom. The highest BCUT2D eigenvalue weighted by molar-refractivity contribution is 5.82. The van der Waals surface area contributed by atoms with E-state index in [1.165, 1.54) is 0 Å². The van der Waals surface area contributed by atoms with Crippen molar-refractivity contribution in [2.24, 2.45) is 11.8 Å². The molecular weight excluding hydrogens is 196 g/mol. The first kappa shape index (κ1) is 12.0. The maximum absolute atomic E-state index is 11.5. The summed E-state index contributed by atoms with van der Waals surface area (Å²) in [7, 11) is 0. The van der Waals surface area contributed by atoms with Crippen molar-refractivity contribution in [1.29, 1.82) is 0 Å². The molecule has 86 valence electrons. The molecule has 1 fully saturated rings. The van der Waals surface area contributed by atoms with Gasteiger partial charge >= 0.3 is 11.9 Å². The lowest BCUT2D eigenvalue weighted by Gasteiger charge is -2.31. The zero-order valence-corrected chi connectivity index (χ0v) is 9.49. The predicted octanol–water partition coefficient (Wildman–Crippen LogP) is 1.53. The van der Waals surface area contributed by atoms with E-state index in [9.17, 15) is 9.59 Å². The van der Waals surface area contributed by atoms with Crippen LogP contribution in [-0.4, -0.2) is 24.6 Å². The summed E-state index contributed by atoms with van der Waals surface area (Å²) in [6, 6.07) is 0. The molecule has 1 saturated heterocycles. The molecule has 0 aromatic carbocycles. The number of hydrogen-bond acceptors (Lipinski definition) is 4. The summed E-state index contributed by atoms with van der Waals surface area (Å²) in [5.41, 5.74) is 0. The topological polar surface area (TPSA) is 52.6 Å². The van der Waals surface area contributed by atoms with Crippen LogP contribution < -0.4 is 0 Å². The SMILES string of the molecule is CCOC(=O)[C@@H]1OC(=O)[C@H](CC)C[C@@H]1C. The predicted molar refractivity (Wildman–Crippen MR) is 54.1 cm³/mol. The summed E-state index contributed by atoms with van der Waals surface area (Å²) in [5.74, 6) is -0.709. The first-order valence-corrected chi connectivity index (χ1v) is 5.47. The van der Waals surface area contributed by atoms with Crippen LogP contribution in [0.5, 0.6) is 0 Å². The molecule has 0 spiro atoms. The van der Waals surface area contributed by atoms with Gasteiger partial charge in [-0.1, -0.05) is 13.8 Å². The standard InChI is InChI=1S/C11H18O4/c1-4-8-6-7(3)9(15-10(8)12)11(13)14-5-2/h7-9H,4-6H2,1-3H3/t7-,8+,9+/m0/s1. The van der Waals surface area contributed by atoms with E-state index in [0.717, 1.165) is 6.42 Å². The van der Waals surface area contributed by atoms with Crippen LogP contribution in [0.4, 0.5) is 0 Å². The Labute approximate surface area is 89.9 Å². The molecule has 1 aliphatic heterocycles. The second-order valence-electron chi connectivity index (χ2n) is 3.93. The monoisotopic (exact) mass is 214 g/mol. The molecule has 0 N–H and O–H groups in total. The Kier molecular flexibility index (Phi) is 4.12. The van der Waals surface area contributed by atoms with Gasteiger partial charge in [-0.15, -0.1) is 0 Å². The largest absolute Gasteiger partial charge is 0.463 e. The lowest BCUT2D eigenvalue weighted by molar-refractivity contribution is -0.181. The Hall–Kier alpha value is -1.06. The lowest BCUT2D eigenvalue weighted by atomic mass is 9.87. The molecule has 0 aliphatic carbocycles. The van der Waals surface area contributed by atoms with E-state index >= 15 is 0 Å². The minimum atomic E-state index is -0.708. The van der Waals surface area contributed by atoms with Crippen LogP contribution in [0.15, 0.2) is 0 Å². The van der Waals surface area contributed by atoms with Crippen molar-refractivity contribution in [1.82, 2.24) is 0 Å². The van der Waals surface area contributed by atoms with Gasteiger partial charge in [0.2, 0.25) is 6.10 Å². The second-order valence-corrected chi connectivity index (χ2v) is 3.93. The molecule has 0 bridgehead atoms. The third-order valence-electron chi connectivity index (χ3n) is 2.76. The zero-order chi connectivity index (χ0) is 11.4. The molecular formula is C11H18O4. The maximum atomic E-state index is 11.5. The Bertz CT molecular complexity index is 249. The summed E-state index contributed by atoms with van der Waals surface area (Å²) in [5, 5.41) is 0. The Morgan fingerprint density at radius 2 is 2.20 bits per heavy atom. The van der Waals surface area contributed by atoms with Crippen molar-refractivity contribution in [3.05, 3.63) is 0 Å². The van der Waals surface area contributed by atoms with Gasteiger partial charge in [0.1, 0.15) is 0 Å². The molecule has 4 nitrogen and oxygen atoms in total. The van der Waals surface area contributed by atoms with Crippen molar-refractivity contribution in [2.45, 2.75) is 39.7 Å². The van der Waals surface area contributed by atoms with Crippen LogP contribution in [-0.2, 0) is 19.1 Å². The summed E-state index contributed by atoms with van der Waals surface area (Å²) in [6.07, 6.45) is 0.762. The summed E-state index contributed by atoms with van der Waals surface area (Å²) < 4.78 is 9.96. The van der Waals surface area contributed by atoms with Crippen LogP contribution >= 0.6 is 0 Å². The Morgan fingerprint density at radius 3 is 2.73 bits per heavy atom. The molecule has 4 heteroatoms. The van der Waals surface area contributed by atoms with Crippen LogP contribution in [0.25, 0.3) is 0 Å². The summed E-state index contributed by atoms with van der Waals surface area (Å²) in [6.45, 7) is 5.92. The number of carbonyl (C=O) groups excluding carboxylic acids is 2. The van der Waals surface area contributed by atoms with Crippen LogP contribution in [0.3, 0.4) is 0 Å². The van der Waals surface area contributed by atoms with Gasteiger partial charge in [-0.3, -0.25) is 4.79 Å². The smallest absolute Gasteiger partial charge is 0.347 e. The van der Waals surface area contributed by atoms with E-state index in [2.05, 4.69) is 0 Å². The number of hydrogen-bond donors (Lipinski definition) is 0. The first-order valence-electron chi connectivity index (χ1n) is 5.47. The number of cyclic esters (lactones) is 1. The van der Waals surface area contributed by atoms with Crippen molar-refractivity contribution >= 4 is 11.9 Å². The molecule has 3 atom stereocenters. The highest BCUT2D eigenvalue weighted by Gasteiger charge is 2.39. The number of esters is 2. The molecule has 15 heavy (non-hydrogen) atoms. The van der Waals surface area contributed by atoms with E-state index in [0.29, 0.717) is 13.0 Å². The van der Waals surface area contributed by atoms with E-state index in [4.69, 9.17) is 9.47 Å². The van der Waals surface area contributed by atoms with Gasteiger partial charge < -0.3 is 9.47 Å². The van der Waals surface area contributed by atoms with Gasteiger partial charge in [0.25, 0.3) is 0 Å². The molecule has 0 radical (unpaired) electrons. The second kappa shape index (κ2) is 5.14.